The van der Waals surface area contributed by atoms with E-state index in [1.54, 1.807) is 17.5 Å². The third kappa shape index (κ3) is 10.1. The van der Waals surface area contributed by atoms with Crippen molar-refractivity contribution in [3.63, 3.8) is 0 Å². The predicted octanol–water partition coefficient (Wildman–Crippen LogP) is 9.64. The number of fused-ring (bicyclic) bond motifs is 2. The van der Waals surface area contributed by atoms with Crippen LogP contribution in [-0.4, -0.2) is 64.2 Å². The number of hydrogen-bond donors (Lipinski definition) is 1. The molecule has 1 saturated heterocycles. The molecule has 2 aliphatic heterocycles. The van der Waals surface area contributed by atoms with Gasteiger partial charge in [0.25, 0.3) is 0 Å². The van der Waals surface area contributed by atoms with Crippen LogP contribution >= 0.6 is 11.3 Å². The van der Waals surface area contributed by atoms with Gasteiger partial charge in [0.2, 0.25) is 22.5 Å². The summed E-state index contributed by atoms with van der Waals surface area (Å²) in [6.45, 7) is 21.6. The van der Waals surface area contributed by atoms with E-state index in [0.29, 0.717) is 11.4 Å². The molecule has 6 rings (SSSR count). The van der Waals surface area contributed by atoms with Gasteiger partial charge >= 0.3 is 11.8 Å². The fourth-order valence-corrected chi connectivity index (χ4v) is 7.51. The van der Waals surface area contributed by atoms with Crippen LogP contribution in [0.25, 0.3) is 10.4 Å². The summed E-state index contributed by atoms with van der Waals surface area (Å²) >= 11 is 1.55. The number of alkyl carbamates (subject to hydrolysis) is 1. The normalized spacial score (nSPS) is 18.4. The molecule has 0 saturated carbocycles. The minimum absolute atomic E-state index is 0.0282. The zero-order chi connectivity index (χ0) is 41.9. The van der Waals surface area contributed by atoms with Crippen LogP contribution in [-0.2, 0) is 39.8 Å². The SMILES string of the molecule is CC(C)(C)[Si](C)(C)OOC[C@H]1O[C@@H](n2cc3c(nc2=O)N(OCCNC(=O)OCc2ccccc2)c2c(cccc2-c2cccs2)O3)C[C@@H]1OO[Si](C)(C)C(C)(C)C. The Morgan fingerprint density at radius 2 is 1.66 bits per heavy atom. The lowest BCUT2D eigenvalue weighted by Crippen LogP contribution is -2.44. The predicted molar refractivity (Wildman–Crippen MR) is 227 cm³/mol. The molecule has 58 heavy (non-hydrogen) atoms. The van der Waals surface area contributed by atoms with Crippen molar-refractivity contribution < 1.29 is 42.8 Å². The highest BCUT2D eigenvalue weighted by atomic mass is 32.1. The number of hydrogen-bond acceptors (Lipinski definition) is 13. The molecule has 2 aliphatic rings. The lowest BCUT2D eigenvalue weighted by molar-refractivity contribution is -0.290. The van der Waals surface area contributed by atoms with Gasteiger partial charge in [0, 0.05) is 23.4 Å². The average Bonchev–Trinajstić information content (AvgIpc) is 3.84. The molecule has 14 nitrogen and oxygen atoms in total. The van der Waals surface area contributed by atoms with E-state index < -0.39 is 46.9 Å². The van der Waals surface area contributed by atoms with Crippen molar-refractivity contribution in [1.29, 1.82) is 0 Å². The molecular formula is C41H56N4O10SSi2. The van der Waals surface area contributed by atoms with Gasteiger partial charge in [-0.1, -0.05) is 90.1 Å². The Morgan fingerprint density at radius 1 is 0.931 bits per heavy atom. The smallest absolute Gasteiger partial charge is 0.407 e. The second-order valence-electron chi connectivity index (χ2n) is 17.4. The third-order valence-corrected chi connectivity index (χ3v) is 20.3. The van der Waals surface area contributed by atoms with Crippen molar-refractivity contribution in [1.82, 2.24) is 14.9 Å². The van der Waals surface area contributed by atoms with Gasteiger partial charge in [-0.15, -0.1) is 11.3 Å². The first-order chi connectivity index (χ1) is 27.3. The number of rotatable bonds is 15. The Morgan fingerprint density at radius 3 is 2.34 bits per heavy atom. The van der Waals surface area contributed by atoms with Crippen molar-refractivity contribution in [2.24, 2.45) is 0 Å². The van der Waals surface area contributed by atoms with Gasteiger partial charge in [0.15, 0.2) is 11.5 Å². The van der Waals surface area contributed by atoms with E-state index in [0.717, 1.165) is 16.0 Å². The van der Waals surface area contributed by atoms with Gasteiger partial charge in [-0.2, -0.15) is 10.0 Å². The molecule has 0 bridgehead atoms. The highest BCUT2D eigenvalue weighted by Crippen LogP contribution is 2.51. The first-order valence-electron chi connectivity index (χ1n) is 19.5. The van der Waals surface area contributed by atoms with E-state index in [2.05, 4.69) is 78.0 Å². The Bertz CT molecular complexity index is 2070. The van der Waals surface area contributed by atoms with Gasteiger partial charge in [-0.3, -0.25) is 18.6 Å². The van der Waals surface area contributed by atoms with Crippen LogP contribution in [0.4, 0.5) is 16.3 Å². The molecule has 2 aromatic carbocycles. The number of amides is 1. The first kappa shape index (κ1) is 43.7. The number of nitrogens with one attached hydrogen (secondary N) is 1. The molecule has 0 unspecified atom stereocenters. The summed E-state index contributed by atoms with van der Waals surface area (Å²) in [7, 11) is -4.56. The lowest BCUT2D eigenvalue weighted by atomic mass is 10.1. The van der Waals surface area contributed by atoms with E-state index in [1.165, 1.54) is 9.63 Å². The van der Waals surface area contributed by atoms with E-state index in [4.69, 9.17) is 38.0 Å². The standard InChI is InChI=1S/C41H56N4O10SSi2/c1-40(2,3)57(7,8)54-50-27-33-31(53-55-58(9,10)41(4,5)6)24-35(52-33)44-25-32-37(43-38(44)46)45(36-29(34-20-15-23-56-34)18-14-19-30(36)51-32)49-22-21-42-39(47)48-26-28-16-12-11-13-17-28/h11-20,23,25,31,33,35H,21-22,24,26-27H2,1-10H3,(H,42,47)/t31-,33+,35+/m0/s1. The van der Waals surface area contributed by atoms with Gasteiger partial charge in [-0.05, 0) is 59.3 Å². The summed E-state index contributed by atoms with van der Waals surface area (Å²) in [6.07, 6.45) is -0.723. The van der Waals surface area contributed by atoms with E-state index >= 15 is 0 Å². The van der Waals surface area contributed by atoms with Gasteiger partial charge in [-0.25, -0.2) is 19.4 Å². The number of anilines is 2. The molecule has 17 heteroatoms. The number of aromatic nitrogens is 2. The Labute approximate surface area is 346 Å². The monoisotopic (exact) mass is 852 g/mol. The summed E-state index contributed by atoms with van der Waals surface area (Å²) in [4.78, 5) is 50.3. The van der Waals surface area contributed by atoms with Crippen LogP contribution in [0.3, 0.4) is 0 Å². The van der Waals surface area contributed by atoms with E-state index in [9.17, 15) is 9.59 Å². The molecule has 0 aliphatic carbocycles. The highest BCUT2D eigenvalue weighted by Gasteiger charge is 2.45. The molecule has 4 heterocycles. The minimum atomic E-state index is -2.32. The van der Waals surface area contributed by atoms with Gasteiger partial charge in [0.05, 0.1) is 12.8 Å². The van der Waals surface area contributed by atoms with Crippen LogP contribution in [0.5, 0.6) is 11.5 Å². The molecule has 4 aromatic rings. The maximum atomic E-state index is 14.0. The summed E-state index contributed by atoms with van der Waals surface area (Å²) in [5.74, 6) is 0.912. The summed E-state index contributed by atoms with van der Waals surface area (Å²) in [6, 6.07) is 19.0. The number of carbonyl (C=O) groups is 1. The summed E-state index contributed by atoms with van der Waals surface area (Å²) < 4.78 is 31.9. The van der Waals surface area contributed by atoms with Crippen molar-refractivity contribution in [3.8, 4) is 21.9 Å². The molecule has 3 atom stereocenters. The Balaban J connectivity index is 1.23. The van der Waals surface area contributed by atoms with Crippen molar-refractivity contribution >= 4 is 45.6 Å². The van der Waals surface area contributed by atoms with Crippen LogP contribution in [0.1, 0.15) is 59.8 Å². The summed E-state index contributed by atoms with van der Waals surface area (Å²) in [5, 5.41) is 6.03. The Kier molecular flexibility index (Phi) is 13.4. The Hall–Kier alpha value is -3.92. The average molecular weight is 853 g/mol. The fourth-order valence-electron chi connectivity index (χ4n) is 5.53. The largest absolute Gasteiger partial charge is 0.449 e. The maximum Gasteiger partial charge on any atom is 0.407 e. The molecular weight excluding hydrogens is 797 g/mol. The second-order valence-corrected chi connectivity index (χ2v) is 27.8. The van der Waals surface area contributed by atoms with Gasteiger partial charge in [0.1, 0.15) is 37.3 Å². The van der Waals surface area contributed by atoms with Crippen LogP contribution in [0, 0.1) is 0 Å². The summed E-state index contributed by atoms with van der Waals surface area (Å²) in [5.41, 5.74) is 1.67. The quantitative estimate of drug-likeness (QED) is 0.0527. The third-order valence-electron chi connectivity index (χ3n) is 11.1. The fraction of sp³-hybridized carbons (Fsp3) is 0.488. The number of carbonyl (C=O) groups excluding carboxylic acids is 1. The topological polar surface area (TPSA) is 141 Å². The van der Waals surface area contributed by atoms with Crippen LogP contribution in [0.15, 0.2) is 77.0 Å². The molecule has 1 amide bonds. The number of benzene rings is 2. The van der Waals surface area contributed by atoms with E-state index in [1.807, 2.05) is 66.0 Å². The molecule has 0 spiro atoms. The zero-order valence-electron chi connectivity index (χ0n) is 35.0. The van der Waals surface area contributed by atoms with Crippen molar-refractivity contribution in [3.05, 3.63) is 88.3 Å². The second kappa shape index (κ2) is 17.7. The molecule has 1 fully saturated rings. The molecule has 0 radical (unpaired) electrons. The zero-order valence-corrected chi connectivity index (χ0v) is 37.8. The number of para-hydroxylation sites is 1. The van der Waals surface area contributed by atoms with Crippen LogP contribution in [0.2, 0.25) is 36.3 Å². The lowest BCUT2D eigenvalue weighted by Gasteiger charge is -2.36. The first-order valence-corrected chi connectivity index (χ1v) is 26.2. The van der Waals surface area contributed by atoms with E-state index in [-0.39, 0.29) is 54.4 Å². The molecule has 2 aromatic heterocycles. The number of thiophene rings is 1. The van der Waals surface area contributed by atoms with Crippen LogP contribution < -0.4 is 20.8 Å². The molecule has 1 N–H and O–H groups in total. The maximum absolute atomic E-state index is 14.0. The number of ether oxygens (including phenoxy) is 3. The number of nitrogens with zero attached hydrogens (tertiary/aromatic N) is 3. The van der Waals surface area contributed by atoms with Gasteiger partial charge < -0.3 is 19.5 Å². The van der Waals surface area contributed by atoms with Crippen molar-refractivity contribution in [2.75, 3.05) is 24.8 Å². The van der Waals surface area contributed by atoms with Crippen molar-refractivity contribution in [2.45, 2.75) is 109 Å². The highest BCUT2D eigenvalue weighted by molar-refractivity contribution is 7.13. The minimum Gasteiger partial charge on any atom is -0.449 e. The molecule has 314 valence electrons.